The molecule has 1 fully saturated rings. The zero-order valence-electron chi connectivity index (χ0n) is 9.63. The minimum absolute atomic E-state index is 0.323. The van der Waals surface area contributed by atoms with Gasteiger partial charge in [0.2, 0.25) is 0 Å². The topological polar surface area (TPSA) is 47.3 Å². The normalized spacial score (nSPS) is 17.8. The summed E-state index contributed by atoms with van der Waals surface area (Å²) in [5, 5.41) is 10.3. The molecule has 0 unspecified atom stereocenters. The largest absolute Gasteiger partial charge is 0.379 e. The van der Waals surface area contributed by atoms with Crippen LogP contribution in [0.25, 0.3) is 11.3 Å². The van der Waals surface area contributed by atoms with Crippen LogP contribution in [0.1, 0.15) is 5.69 Å². The fourth-order valence-corrected chi connectivity index (χ4v) is 2.14. The van der Waals surface area contributed by atoms with Crippen LogP contribution in [0.5, 0.6) is 0 Å². The SMILES string of the molecule is Cn1cnc(C2(O)COC2)c1-c1ccccc1. The molecule has 1 aromatic heterocycles. The Morgan fingerprint density at radius 2 is 2.00 bits per heavy atom. The molecular formula is C13H14N2O2. The van der Waals surface area contributed by atoms with Crippen molar-refractivity contribution in [1.29, 1.82) is 0 Å². The van der Waals surface area contributed by atoms with Gasteiger partial charge in [-0.2, -0.15) is 0 Å². The summed E-state index contributed by atoms with van der Waals surface area (Å²) >= 11 is 0. The highest BCUT2D eigenvalue weighted by Crippen LogP contribution is 2.35. The highest BCUT2D eigenvalue weighted by atomic mass is 16.5. The van der Waals surface area contributed by atoms with Crippen molar-refractivity contribution in [1.82, 2.24) is 9.55 Å². The van der Waals surface area contributed by atoms with Crippen LogP contribution >= 0.6 is 0 Å². The van der Waals surface area contributed by atoms with Crippen LogP contribution < -0.4 is 0 Å². The van der Waals surface area contributed by atoms with Crippen molar-refractivity contribution in [3.05, 3.63) is 42.4 Å². The van der Waals surface area contributed by atoms with Gasteiger partial charge in [-0.1, -0.05) is 30.3 Å². The van der Waals surface area contributed by atoms with E-state index in [0.717, 1.165) is 11.3 Å². The Bertz CT molecular complexity index is 530. The van der Waals surface area contributed by atoms with E-state index in [1.807, 2.05) is 41.9 Å². The first-order valence-corrected chi connectivity index (χ1v) is 5.58. The Morgan fingerprint density at radius 1 is 1.29 bits per heavy atom. The van der Waals surface area contributed by atoms with Crippen LogP contribution in [-0.4, -0.2) is 27.9 Å². The number of aromatic nitrogens is 2. The summed E-state index contributed by atoms with van der Waals surface area (Å²) < 4.78 is 7.02. The molecular weight excluding hydrogens is 216 g/mol. The van der Waals surface area contributed by atoms with Crippen molar-refractivity contribution >= 4 is 0 Å². The molecule has 1 N–H and O–H groups in total. The summed E-state index contributed by atoms with van der Waals surface area (Å²) in [7, 11) is 1.93. The number of hydrogen-bond donors (Lipinski definition) is 1. The second-order valence-electron chi connectivity index (χ2n) is 4.44. The molecule has 1 aliphatic heterocycles. The highest BCUT2D eigenvalue weighted by Gasteiger charge is 2.42. The molecule has 2 heterocycles. The zero-order chi connectivity index (χ0) is 11.9. The molecule has 1 saturated heterocycles. The predicted molar refractivity (Wildman–Crippen MR) is 63.4 cm³/mol. The van der Waals surface area contributed by atoms with Crippen LogP contribution in [0.4, 0.5) is 0 Å². The van der Waals surface area contributed by atoms with E-state index in [0.29, 0.717) is 18.9 Å². The minimum atomic E-state index is -0.924. The predicted octanol–water partition coefficient (Wildman–Crippen LogP) is 1.30. The summed E-state index contributed by atoms with van der Waals surface area (Å²) in [5.41, 5.74) is 1.79. The number of aryl methyl sites for hydroxylation is 1. The molecule has 17 heavy (non-hydrogen) atoms. The minimum Gasteiger partial charge on any atom is -0.379 e. The van der Waals surface area contributed by atoms with Gasteiger partial charge in [0.25, 0.3) is 0 Å². The molecule has 0 bridgehead atoms. The van der Waals surface area contributed by atoms with Crippen molar-refractivity contribution in [3.63, 3.8) is 0 Å². The Kier molecular flexibility index (Phi) is 2.28. The van der Waals surface area contributed by atoms with Gasteiger partial charge in [0.05, 0.1) is 25.2 Å². The molecule has 0 saturated carbocycles. The lowest BCUT2D eigenvalue weighted by Gasteiger charge is -2.35. The molecule has 88 valence electrons. The lowest BCUT2D eigenvalue weighted by atomic mass is 9.94. The van der Waals surface area contributed by atoms with Gasteiger partial charge in [-0.3, -0.25) is 0 Å². The quantitative estimate of drug-likeness (QED) is 0.846. The number of benzene rings is 1. The fraction of sp³-hybridized carbons (Fsp3) is 0.308. The van der Waals surface area contributed by atoms with Crippen molar-refractivity contribution < 1.29 is 9.84 Å². The first-order chi connectivity index (χ1) is 8.21. The Labute approximate surface area is 99.5 Å². The maximum Gasteiger partial charge on any atom is 0.155 e. The van der Waals surface area contributed by atoms with Crippen LogP contribution in [-0.2, 0) is 17.4 Å². The average Bonchev–Trinajstić information content (AvgIpc) is 2.69. The van der Waals surface area contributed by atoms with E-state index >= 15 is 0 Å². The van der Waals surface area contributed by atoms with Crippen molar-refractivity contribution in [2.75, 3.05) is 13.2 Å². The molecule has 1 aliphatic rings. The van der Waals surface area contributed by atoms with Crippen LogP contribution in [0.15, 0.2) is 36.7 Å². The molecule has 4 heteroatoms. The summed E-state index contributed by atoms with van der Waals surface area (Å²) in [4.78, 5) is 4.32. The van der Waals surface area contributed by atoms with Crippen molar-refractivity contribution in [2.24, 2.45) is 7.05 Å². The molecule has 4 nitrogen and oxygen atoms in total. The van der Waals surface area contributed by atoms with E-state index in [1.165, 1.54) is 0 Å². The summed E-state index contributed by atoms with van der Waals surface area (Å²) in [6, 6.07) is 9.97. The van der Waals surface area contributed by atoms with Gasteiger partial charge in [-0.05, 0) is 0 Å². The second kappa shape index (κ2) is 3.68. The van der Waals surface area contributed by atoms with Gasteiger partial charge in [-0.25, -0.2) is 4.98 Å². The molecule has 0 aliphatic carbocycles. The number of nitrogens with zero attached hydrogens (tertiary/aromatic N) is 2. The number of ether oxygens (including phenoxy) is 1. The Balaban J connectivity index is 2.13. The third-order valence-corrected chi connectivity index (χ3v) is 3.11. The number of hydrogen-bond acceptors (Lipinski definition) is 3. The van der Waals surface area contributed by atoms with E-state index in [1.54, 1.807) is 6.33 Å². The summed E-state index contributed by atoms with van der Waals surface area (Å²) in [5.74, 6) is 0. The smallest absolute Gasteiger partial charge is 0.155 e. The maximum absolute atomic E-state index is 10.3. The van der Waals surface area contributed by atoms with E-state index in [-0.39, 0.29) is 0 Å². The van der Waals surface area contributed by atoms with Crippen molar-refractivity contribution in [3.8, 4) is 11.3 Å². The van der Waals surface area contributed by atoms with E-state index < -0.39 is 5.60 Å². The molecule has 2 aromatic rings. The summed E-state index contributed by atoms with van der Waals surface area (Å²) in [6.07, 6.45) is 1.73. The third-order valence-electron chi connectivity index (χ3n) is 3.11. The molecule has 0 atom stereocenters. The Hall–Kier alpha value is -1.65. The lowest BCUT2D eigenvalue weighted by molar-refractivity contribution is -0.186. The first-order valence-electron chi connectivity index (χ1n) is 5.58. The van der Waals surface area contributed by atoms with E-state index in [9.17, 15) is 5.11 Å². The average molecular weight is 230 g/mol. The maximum atomic E-state index is 10.3. The molecule has 1 aromatic carbocycles. The van der Waals surface area contributed by atoms with Crippen LogP contribution in [0, 0.1) is 0 Å². The van der Waals surface area contributed by atoms with Gasteiger partial charge < -0.3 is 14.4 Å². The number of aliphatic hydroxyl groups is 1. The molecule has 0 radical (unpaired) electrons. The molecule has 0 amide bonds. The van der Waals surface area contributed by atoms with Gasteiger partial charge in [0.1, 0.15) is 5.69 Å². The molecule has 0 spiro atoms. The Morgan fingerprint density at radius 3 is 2.59 bits per heavy atom. The van der Waals surface area contributed by atoms with Crippen LogP contribution in [0.3, 0.4) is 0 Å². The monoisotopic (exact) mass is 230 g/mol. The van der Waals surface area contributed by atoms with Crippen LogP contribution in [0.2, 0.25) is 0 Å². The van der Waals surface area contributed by atoms with Gasteiger partial charge in [0, 0.05) is 12.6 Å². The van der Waals surface area contributed by atoms with Gasteiger partial charge >= 0.3 is 0 Å². The third kappa shape index (κ3) is 1.57. The van der Waals surface area contributed by atoms with E-state index in [4.69, 9.17) is 4.74 Å². The first kappa shape index (κ1) is 10.5. The molecule has 3 rings (SSSR count). The standard InChI is InChI=1S/C13H14N2O2/c1-15-9-14-12(13(16)7-17-8-13)11(15)10-5-3-2-4-6-10/h2-6,9,16H,7-8H2,1H3. The highest BCUT2D eigenvalue weighted by molar-refractivity contribution is 5.63. The van der Waals surface area contributed by atoms with Crippen molar-refractivity contribution in [2.45, 2.75) is 5.60 Å². The zero-order valence-corrected chi connectivity index (χ0v) is 9.63. The van der Waals surface area contributed by atoms with Gasteiger partial charge in [0.15, 0.2) is 5.60 Å². The lowest BCUT2D eigenvalue weighted by Crippen LogP contribution is -2.47. The number of imidazole rings is 1. The second-order valence-corrected chi connectivity index (χ2v) is 4.44. The number of rotatable bonds is 2. The fourth-order valence-electron chi connectivity index (χ4n) is 2.14. The van der Waals surface area contributed by atoms with Gasteiger partial charge in [-0.15, -0.1) is 0 Å². The van der Waals surface area contributed by atoms with E-state index in [2.05, 4.69) is 4.98 Å². The summed E-state index contributed by atoms with van der Waals surface area (Å²) in [6.45, 7) is 0.647.